The molecule has 1 saturated heterocycles. The lowest BCUT2D eigenvalue weighted by Gasteiger charge is -2.28. The van der Waals surface area contributed by atoms with E-state index in [1.807, 2.05) is 25.3 Å². The highest BCUT2D eigenvalue weighted by molar-refractivity contribution is 7.94. The highest BCUT2D eigenvalue weighted by atomic mass is 32.2. The SMILES string of the molecule is CCN(c1cccc2c1NC(c1ncc(CN3CCC(O)CC3)s1)C2)S(=O)(=O)c1cccs1. The Hall–Kier alpha value is -1.98. The van der Waals surface area contributed by atoms with Gasteiger partial charge < -0.3 is 10.4 Å². The molecule has 176 valence electrons. The minimum Gasteiger partial charge on any atom is -0.393 e. The molecule has 2 aliphatic rings. The van der Waals surface area contributed by atoms with E-state index in [0.717, 1.165) is 55.2 Å². The highest BCUT2D eigenvalue weighted by Gasteiger charge is 2.32. The van der Waals surface area contributed by atoms with E-state index in [0.29, 0.717) is 16.4 Å². The van der Waals surface area contributed by atoms with Crippen molar-refractivity contribution in [2.75, 3.05) is 29.3 Å². The second kappa shape index (κ2) is 9.34. The summed E-state index contributed by atoms with van der Waals surface area (Å²) in [7, 11) is -3.61. The highest BCUT2D eigenvalue weighted by Crippen LogP contribution is 2.43. The van der Waals surface area contributed by atoms with Crippen molar-refractivity contribution in [3.8, 4) is 0 Å². The molecule has 2 aromatic heterocycles. The van der Waals surface area contributed by atoms with Gasteiger partial charge >= 0.3 is 0 Å². The molecule has 2 N–H and O–H groups in total. The van der Waals surface area contributed by atoms with Gasteiger partial charge in [0.1, 0.15) is 9.22 Å². The molecule has 2 aliphatic heterocycles. The van der Waals surface area contributed by atoms with Gasteiger partial charge in [-0.25, -0.2) is 13.4 Å². The summed E-state index contributed by atoms with van der Waals surface area (Å²) < 4.78 is 28.4. The fraction of sp³-hybridized carbons (Fsp3) is 0.435. The van der Waals surface area contributed by atoms with Crippen LogP contribution in [0.2, 0.25) is 0 Å². The summed E-state index contributed by atoms with van der Waals surface area (Å²) in [6.07, 6.45) is 4.23. The number of hydrogen-bond donors (Lipinski definition) is 2. The topological polar surface area (TPSA) is 85.8 Å². The van der Waals surface area contributed by atoms with E-state index in [1.54, 1.807) is 28.8 Å². The van der Waals surface area contributed by atoms with Crippen molar-refractivity contribution >= 4 is 44.1 Å². The van der Waals surface area contributed by atoms with Crippen LogP contribution in [-0.4, -0.2) is 49.1 Å². The molecule has 0 bridgehead atoms. The molecule has 1 aromatic carbocycles. The van der Waals surface area contributed by atoms with Crippen molar-refractivity contribution in [2.45, 2.75) is 49.1 Å². The molecule has 5 rings (SSSR count). The lowest BCUT2D eigenvalue weighted by atomic mass is 10.1. The molecule has 1 fully saturated rings. The fourth-order valence-corrected chi connectivity index (χ4v) is 8.17. The number of thiophene rings is 1. The molecular weight excluding hydrogens is 476 g/mol. The van der Waals surface area contributed by atoms with Gasteiger partial charge in [0.2, 0.25) is 0 Å². The van der Waals surface area contributed by atoms with Gasteiger partial charge in [-0.3, -0.25) is 9.21 Å². The lowest BCUT2D eigenvalue weighted by Crippen LogP contribution is -2.35. The third-order valence-electron chi connectivity index (χ3n) is 6.27. The summed E-state index contributed by atoms with van der Waals surface area (Å²) >= 11 is 2.95. The van der Waals surface area contributed by atoms with Crippen LogP contribution in [0.3, 0.4) is 0 Å². The number of aliphatic hydroxyl groups is 1. The summed E-state index contributed by atoms with van der Waals surface area (Å²) in [5, 5.41) is 16.1. The van der Waals surface area contributed by atoms with E-state index in [2.05, 4.69) is 16.3 Å². The molecule has 0 amide bonds. The van der Waals surface area contributed by atoms with E-state index in [9.17, 15) is 13.5 Å². The number of benzene rings is 1. The van der Waals surface area contributed by atoms with E-state index in [-0.39, 0.29) is 12.1 Å². The average Bonchev–Trinajstić information content (AvgIpc) is 3.56. The Kier molecular flexibility index (Phi) is 6.45. The number of piperidine rings is 1. The van der Waals surface area contributed by atoms with Crippen molar-refractivity contribution in [3.63, 3.8) is 0 Å². The van der Waals surface area contributed by atoms with Gasteiger partial charge in [0.25, 0.3) is 10.0 Å². The van der Waals surface area contributed by atoms with Gasteiger partial charge in [0.05, 0.1) is 23.5 Å². The number of thiazole rings is 1. The summed E-state index contributed by atoms with van der Waals surface area (Å²) in [4.78, 5) is 8.28. The molecule has 33 heavy (non-hydrogen) atoms. The number of rotatable bonds is 7. The maximum atomic E-state index is 13.3. The standard InChI is InChI=1S/C23H28N4O3S3/c1-2-27(33(29,30)21-7-4-12-31-21)20-6-3-5-16-13-19(25-22(16)20)23-24-14-18(32-23)15-26-10-8-17(28)9-11-26/h3-7,12,14,17,19,25,28H,2,8-11,13,15H2,1H3. The minimum absolute atomic E-state index is 0.0335. The fourth-order valence-electron chi connectivity index (χ4n) is 4.57. The van der Waals surface area contributed by atoms with Gasteiger partial charge in [-0.1, -0.05) is 18.2 Å². The number of para-hydroxylation sites is 1. The monoisotopic (exact) mass is 504 g/mol. The molecule has 0 saturated carbocycles. The number of hydrogen-bond acceptors (Lipinski definition) is 8. The number of nitrogens with one attached hydrogen (secondary N) is 1. The minimum atomic E-state index is -3.61. The van der Waals surface area contributed by atoms with Crippen LogP contribution in [0.25, 0.3) is 0 Å². The number of aliphatic hydroxyl groups excluding tert-OH is 1. The van der Waals surface area contributed by atoms with Crippen LogP contribution in [0.4, 0.5) is 11.4 Å². The molecule has 0 aliphatic carbocycles. The first-order valence-corrected chi connectivity index (χ1v) is 14.4. The van der Waals surface area contributed by atoms with Crippen LogP contribution in [0.1, 0.15) is 41.3 Å². The Morgan fingerprint density at radius 3 is 2.79 bits per heavy atom. The van der Waals surface area contributed by atoms with Crippen molar-refractivity contribution in [2.24, 2.45) is 0 Å². The number of nitrogens with zero attached hydrogens (tertiary/aromatic N) is 3. The predicted molar refractivity (Wildman–Crippen MR) is 134 cm³/mol. The first kappa shape index (κ1) is 22.8. The Morgan fingerprint density at radius 1 is 1.24 bits per heavy atom. The number of aromatic nitrogens is 1. The molecular formula is C23H28N4O3S3. The molecule has 7 nitrogen and oxygen atoms in total. The van der Waals surface area contributed by atoms with Crippen LogP contribution >= 0.6 is 22.7 Å². The molecule has 0 radical (unpaired) electrons. The number of fused-ring (bicyclic) bond motifs is 1. The largest absolute Gasteiger partial charge is 0.393 e. The quantitative estimate of drug-likeness (QED) is 0.504. The zero-order chi connectivity index (χ0) is 23.0. The van der Waals surface area contributed by atoms with Crippen molar-refractivity contribution in [3.05, 3.63) is 57.4 Å². The summed E-state index contributed by atoms with van der Waals surface area (Å²) in [6, 6.07) is 9.32. The molecule has 1 unspecified atom stereocenters. The summed E-state index contributed by atoms with van der Waals surface area (Å²) in [6.45, 7) is 4.91. The smallest absolute Gasteiger partial charge is 0.273 e. The summed E-state index contributed by atoms with van der Waals surface area (Å²) in [5.41, 5.74) is 2.68. The average molecular weight is 505 g/mol. The molecule has 3 aromatic rings. The Balaban J connectivity index is 1.35. The maximum Gasteiger partial charge on any atom is 0.273 e. The van der Waals surface area contributed by atoms with Crippen LogP contribution in [0.5, 0.6) is 0 Å². The van der Waals surface area contributed by atoms with Crippen molar-refractivity contribution < 1.29 is 13.5 Å². The van der Waals surface area contributed by atoms with Crippen LogP contribution in [0, 0.1) is 0 Å². The van der Waals surface area contributed by atoms with E-state index < -0.39 is 10.0 Å². The van der Waals surface area contributed by atoms with E-state index >= 15 is 0 Å². The zero-order valence-electron chi connectivity index (χ0n) is 18.5. The Morgan fingerprint density at radius 2 is 2.06 bits per heavy atom. The first-order chi connectivity index (χ1) is 16.0. The van der Waals surface area contributed by atoms with Crippen LogP contribution in [0.15, 0.2) is 46.1 Å². The van der Waals surface area contributed by atoms with Gasteiger partial charge in [-0.05, 0) is 42.8 Å². The second-order valence-corrected chi connectivity index (χ2v) is 12.7. The normalized spacial score (nSPS) is 19.4. The second-order valence-electron chi connectivity index (χ2n) is 8.49. The van der Waals surface area contributed by atoms with Crippen molar-refractivity contribution in [1.29, 1.82) is 0 Å². The van der Waals surface area contributed by atoms with Crippen LogP contribution < -0.4 is 9.62 Å². The van der Waals surface area contributed by atoms with Crippen molar-refractivity contribution in [1.82, 2.24) is 9.88 Å². The third kappa shape index (κ3) is 4.54. The van der Waals surface area contributed by atoms with Gasteiger partial charge in [0.15, 0.2) is 0 Å². The lowest BCUT2D eigenvalue weighted by molar-refractivity contribution is 0.0797. The Labute approximate surface area is 202 Å². The summed E-state index contributed by atoms with van der Waals surface area (Å²) in [5.74, 6) is 0. The van der Waals surface area contributed by atoms with Gasteiger partial charge in [-0.15, -0.1) is 22.7 Å². The zero-order valence-corrected chi connectivity index (χ0v) is 20.9. The maximum absolute atomic E-state index is 13.3. The van der Waals surface area contributed by atoms with E-state index in [1.165, 1.54) is 20.5 Å². The first-order valence-electron chi connectivity index (χ1n) is 11.3. The third-order valence-corrected chi connectivity index (χ3v) is 10.6. The van der Waals surface area contributed by atoms with Gasteiger partial charge in [-0.2, -0.15) is 0 Å². The van der Waals surface area contributed by atoms with Gasteiger partial charge in [0, 0.05) is 43.7 Å². The number of likely N-dealkylation sites (tertiary alicyclic amines) is 1. The molecule has 0 spiro atoms. The predicted octanol–water partition coefficient (Wildman–Crippen LogP) is 4.09. The molecule has 10 heteroatoms. The molecule has 4 heterocycles. The van der Waals surface area contributed by atoms with E-state index in [4.69, 9.17) is 4.98 Å². The molecule has 1 atom stereocenters. The number of anilines is 2. The van der Waals surface area contributed by atoms with Crippen LogP contribution in [-0.2, 0) is 23.0 Å². The number of sulfonamides is 1. The Bertz CT molecular complexity index is 1200.